The summed E-state index contributed by atoms with van der Waals surface area (Å²) in [6, 6.07) is 13.0. The Bertz CT molecular complexity index is 1100. The SMILES string of the molecule is CC(C)=C(C(=O)COCCC#N)[C@@H](c1ccc(C#N)cc1C)c1c(O)ccc(C)c1C. The minimum Gasteiger partial charge on any atom is -0.508 e. The van der Waals surface area contributed by atoms with Crippen molar-refractivity contribution in [1.29, 1.82) is 10.5 Å². The molecular weight excluding hydrogens is 388 g/mol. The lowest BCUT2D eigenvalue weighted by atomic mass is 9.76. The number of phenolic OH excluding ortho intramolecular Hbond substituents is 1. The summed E-state index contributed by atoms with van der Waals surface area (Å²) in [5, 5.41) is 28.8. The van der Waals surface area contributed by atoms with E-state index in [9.17, 15) is 15.2 Å². The number of nitrogens with zero attached hydrogens (tertiary/aromatic N) is 2. The van der Waals surface area contributed by atoms with Crippen LogP contribution < -0.4 is 0 Å². The summed E-state index contributed by atoms with van der Waals surface area (Å²) in [5.74, 6) is -0.578. The first kappa shape index (κ1) is 23.9. The van der Waals surface area contributed by atoms with Crippen LogP contribution in [0.1, 0.15) is 59.6 Å². The molecule has 0 aliphatic carbocycles. The molecule has 0 fully saturated rings. The van der Waals surface area contributed by atoms with Gasteiger partial charge in [-0.3, -0.25) is 4.79 Å². The van der Waals surface area contributed by atoms with Crippen molar-refractivity contribution in [3.63, 3.8) is 0 Å². The number of aryl methyl sites for hydroxylation is 2. The molecule has 0 aromatic heterocycles. The average molecular weight is 417 g/mol. The van der Waals surface area contributed by atoms with Crippen molar-refractivity contribution in [2.24, 2.45) is 0 Å². The van der Waals surface area contributed by atoms with Crippen LogP contribution in [-0.2, 0) is 9.53 Å². The lowest BCUT2D eigenvalue weighted by Crippen LogP contribution is -2.21. The number of nitriles is 2. The highest BCUT2D eigenvalue weighted by molar-refractivity contribution is 5.99. The third-order valence-corrected chi connectivity index (χ3v) is 5.48. The molecule has 5 heteroatoms. The second-order valence-electron chi connectivity index (χ2n) is 7.85. The average Bonchev–Trinajstić information content (AvgIpc) is 2.73. The normalized spacial score (nSPS) is 11.3. The number of phenols is 1. The molecule has 0 bridgehead atoms. The van der Waals surface area contributed by atoms with Crippen molar-refractivity contribution in [2.75, 3.05) is 13.2 Å². The van der Waals surface area contributed by atoms with E-state index in [0.29, 0.717) is 16.7 Å². The van der Waals surface area contributed by atoms with Crippen LogP contribution in [0.3, 0.4) is 0 Å². The number of hydrogen-bond donors (Lipinski definition) is 1. The van der Waals surface area contributed by atoms with Gasteiger partial charge in [0.2, 0.25) is 0 Å². The van der Waals surface area contributed by atoms with Gasteiger partial charge in [0, 0.05) is 17.1 Å². The fourth-order valence-electron chi connectivity index (χ4n) is 3.80. The Labute approximate surface area is 184 Å². The number of ketones is 1. The zero-order chi connectivity index (χ0) is 23.1. The van der Waals surface area contributed by atoms with E-state index in [2.05, 4.69) is 6.07 Å². The summed E-state index contributed by atoms with van der Waals surface area (Å²) < 4.78 is 5.43. The molecule has 2 rings (SSSR count). The Morgan fingerprint density at radius 2 is 1.81 bits per heavy atom. The second-order valence-corrected chi connectivity index (χ2v) is 7.85. The molecule has 2 aromatic rings. The third kappa shape index (κ3) is 5.40. The van der Waals surface area contributed by atoms with E-state index in [0.717, 1.165) is 27.8 Å². The summed E-state index contributed by atoms with van der Waals surface area (Å²) in [7, 11) is 0. The van der Waals surface area contributed by atoms with Gasteiger partial charge in [0.15, 0.2) is 5.78 Å². The number of hydrogen-bond acceptors (Lipinski definition) is 5. The molecule has 1 atom stereocenters. The van der Waals surface area contributed by atoms with E-state index in [4.69, 9.17) is 10.00 Å². The highest BCUT2D eigenvalue weighted by Gasteiger charge is 2.30. The Hall–Kier alpha value is -3.41. The van der Waals surface area contributed by atoms with Gasteiger partial charge in [-0.05, 0) is 75.1 Å². The molecule has 160 valence electrons. The summed E-state index contributed by atoms with van der Waals surface area (Å²) in [6.07, 6.45) is 0.216. The van der Waals surface area contributed by atoms with E-state index < -0.39 is 5.92 Å². The minimum atomic E-state index is -0.510. The monoisotopic (exact) mass is 416 g/mol. The summed E-state index contributed by atoms with van der Waals surface area (Å²) in [4.78, 5) is 13.3. The zero-order valence-corrected chi connectivity index (χ0v) is 18.7. The molecule has 0 heterocycles. The van der Waals surface area contributed by atoms with Crippen molar-refractivity contribution >= 4 is 5.78 Å². The van der Waals surface area contributed by atoms with E-state index in [1.807, 2.05) is 52.8 Å². The first-order valence-electron chi connectivity index (χ1n) is 10.2. The molecule has 0 spiro atoms. The Morgan fingerprint density at radius 3 is 2.39 bits per heavy atom. The van der Waals surface area contributed by atoms with Gasteiger partial charge in [0.25, 0.3) is 0 Å². The predicted molar refractivity (Wildman–Crippen MR) is 120 cm³/mol. The molecule has 5 nitrogen and oxygen atoms in total. The summed E-state index contributed by atoms with van der Waals surface area (Å²) in [6.45, 7) is 9.60. The maximum atomic E-state index is 13.3. The molecule has 0 amide bonds. The second kappa shape index (κ2) is 10.6. The number of benzene rings is 2. The molecule has 0 unspecified atom stereocenters. The van der Waals surface area contributed by atoms with E-state index in [1.165, 1.54) is 0 Å². The van der Waals surface area contributed by atoms with Crippen LogP contribution in [0, 0.1) is 43.4 Å². The van der Waals surface area contributed by atoms with Crippen LogP contribution in [0.2, 0.25) is 0 Å². The molecule has 0 radical (unpaired) electrons. The summed E-state index contributed by atoms with van der Waals surface area (Å²) >= 11 is 0. The van der Waals surface area contributed by atoms with Crippen LogP contribution in [0.5, 0.6) is 5.75 Å². The molecule has 0 saturated heterocycles. The number of rotatable bonds is 8. The molecule has 31 heavy (non-hydrogen) atoms. The molecule has 0 aliphatic heterocycles. The largest absolute Gasteiger partial charge is 0.508 e. The molecular formula is C26H28N2O3. The number of carbonyl (C=O) groups excluding carboxylic acids is 1. The van der Waals surface area contributed by atoms with Crippen molar-refractivity contribution < 1.29 is 14.6 Å². The van der Waals surface area contributed by atoms with Gasteiger partial charge in [-0.15, -0.1) is 0 Å². The quantitative estimate of drug-likeness (QED) is 0.474. The standard InChI is InChI=1S/C26H28N2O3/c1-16(2)24(23(30)15-31-12-6-11-27)26(21-9-8-20(14-28)13-18(21)4)25-19(5)17(3)7-10-22(25)29/h7-10,13,26,29H,6,12,15H2,1-5H3/t26-/m1/s1. The third-order valence-electron chi connectivity index (χ3n) is 5.48. The maximum Gasteiger partial charge on any atom is 0.185 e. The molecule has 2 aromatic carbocycles. The topological polar surface area (TPSA) is 94.1 Å². The Kier molecular flexibility index (Phi) is 8.14. The van der Waals surface area contributed by atoms with E-state index in [-0.39, 0.29) is 31.2 Å². The summed E-state index contributed by atoms with van der Waals surface area (Å²) in [5.41, 5.74) is 6.22. The van der Waals surface area contributed by atoms with Crippen LogP contribution >= 0.6 is 0 Å². The Balaban J connectivity index is 2.72. The lowest BCUT2D eigenvalue weighted by Gasteiger charge is -2.27. The fourth-order valence-corrected chi connectivity index (χ4v) is 3.80. The fraction of sp³-hybridized carbons (Fsp3) is 0.346. The van der Waals surface area contributed by atoms with Crippen molar-refractivity contribution in [3.05, 3.63) is 74.9 Å². The number of carbonyl (C=O) groups is 1. The molecule has 0 aliphatic rings. The van der Waals surface area contributed by atoms with E-state index in [1.54, 1.807) is 18.2 Å². The minimum absolute atomic E-state index is 0.119. The lowest BCUT2D eigenvalue weighted by molar-refractivity contribution is -0.120. The van der Waals surface area contributed by atoms with Crippen LogP contribution in [-0.4, -0.2) is 24.1 Å². The highest BCUT2D eigenvalue weighted by atomic mass is 16.5. The van der Waals surface area contributed by atoms with Crippen molar-refractivity contribution in [3.8, 4) is 17.9 Å². The smallest absolute Gasteiger partial charge is 0.185 e. The first-order valence-corrected chi connectivity index (χ1v) is 10.2. The highest BCUT2D eigenvalue weighted by Crippen LogP contribution is 2.42. The van der Waals surface area contributed by atoms with Crippen LogP contribution in [0.4, 0.5) is 0 Å². The number of allylic oxidation sites excluding steroid dienone is 1. The van der Waals surface area contributed by atoms with Crippen molar-refractivity contribution in [1.82, 2.24) is 0 Å². The number of ether oxygens (including phenoxy) is 1. The van der Waals surface area contributed by atoms with Crippen LogP contribution in [0.25, 0.3) is 0 Å². The van der Waals surface area contributed by atoms with Gasteiger partial charge in [-0.1, -0.05) is 17.7 Å². The number of aromatic hydroxyl groups is 1. The Morgan fingerprint density at radius 1 is 1.10 bits per heavy atom. The number of Topliss-reactive ketones (excluding diaryl/α,β-unsaturated/α-hetero) is 1. The van der Waals surface area contributed by atoms with Crippen molar-refractivity contribution in [2.45, 2.75) is 47.0 Å². The maximum absolute atomic E-state index is 13.3. The van der Waals surface area contributed by atoms with Gasteiger partial charge in [0.1, 0.15) is 12.4 Å². The molecule has 1 N–H and O–H groups in total. The van der Waals surface area contributed by atoms with Gasteiger partial charge < -0.3 is 9.84 Å². The van der Waals surface area contributed by atoms with Gasteiger partial charge >= 0.3 is 0 Å². The van der Waals surface area contributed by atoms with Gasteiger partial charge in [-0.2, -0.15) is 10.5 Å². The first-order chi connectivity index (χ1) is 14.7. The van der Waals surface area contributed by atoms with Crippen LogP contribution in [0.15, 0.2) is 41.5 Å². The van der Waals surface area contributed by atoms with E-state index >= 15 is 0 Å². The zero-order valence-electron chi connectivity index (χ0n) is 18.7. The van der Waals surface area contributed by atoms with Gasteiger partial charge in [-0.25, -0.2) is 0 Å². The molecule has 0 saturated carbocycles. The predicted octanol–water partition coefficient (Wildman–Crippen LogP) is 5.16. The van der Waals surface area contributed by atoms with Gasteiger partial charge in [0.05, 0.1) is 30.7 Å².